The Hall–Kier alpha value is -2.24. The fourth-order valence-electron chi connectivity index (χ4n) is 3.74. The predicted molar refractivity (Wildman–Crippen MR) is 103 cm³/mol. The van der Waals surface area contributed by atoms with Crippen LogP contribution in [0.4, 0.5) is 0 Å². The highest BCUT2D eigenvalue weighted by Gasteiger charge is 2.45. The zero-order valence-corrected chi connectivity index (χ0v) is 17.4. The van der Waals surface area contributed by atoms with Crippen LogP contribution in [0.5, 0.6) is 0 Å². The fourth-order valence-corrected chi connectivity index (χ4v) is 6.53. The number of fused-ring (bicyclic) bond motifs is 1. The minimum atomic E-state index is -3.79. The number of aryl methyl sites for hydroxylation is 2. The van der Waals surface area contributed by atoms with Crippen LogP contribution in [0, 0.1) is 13.8 Å². The summed E-state index contributed by atoms with van der Waals surface area (Å²) in [5.74, 6) is -0.305. The second kappa shape index (κ2) is 6.68. The van der Waals surface area contributed by atoms with Crippen LogP contribution >= 0.6 is 11.3 Å². The van der Waals surface area contributed by atoms with E-state index in [1.54, 1.807) is 20.0 Å². The minimum Gasteiger partial charge on any atom is -0.335 e. The summed E-state index contributed by atoms with van der Waals surface area (Å²) in [6, 6.07) is 2.39. The third kappa shape index (κ3) is 3.23. The van der Waals surface area contributed by atoms with Gasteiger partial charge in [-0.1, -0.05) is 0 Å². The molecule has 2 aliphatic rings. The number of H-pyrrole nitrogens is 1. The Bertz CT molecular complexity index is 1060. The number of nitrogens with one attached hydrogen (secondary N) is 2. The molecule has 150 valence electrons. The van der Waals surface area contributed by atoms with Crippen molar-refractivity contribution in [1.82, 2.24) is 24.7 Å². The summed E-state index contributed by atoms with van der Waals surface area (Å²) >= 11 is 1.36. The Morgan fingerprint density at radius 1 is 1.29 bits per heavy atom. The van der Waals surface area contributed by atoms with Crippen molar-refractivity contribution in [3.63, 3.8) is 0 Å². The lowest BCUT2D eigenvalue weighted by molar-refractivity contribution is -0.152. The number of aromatic amines is 1. The van der Waals surface area contributed by atoms with Gasteiger partial charge >= 0.3 is 0 Å². The van der Waals surface area contributed by atoms with Gasteiger partial charge < -0.3 is 9.80 Å². The van der Waals surface area contributed by atoms with Crippen LogP contribution < -0.4 is 4.72 Å². The number of hydrogen-bond donors (Lipinski definition) is 2. The first-order valence-electron chi connectivity index (χ1n) is 8.85. The van der Waals surface area contributed by atoms with E-state index in [1.807, 2.05) is 13.0 Å². The first-order chi connectivity index (χ1) is 13.2. The molecule has 2 saturated heterocycles. The molecular formula is C17H21N5O4S2. The standard InChI is InChI=1S/C17H21N5O4S2/c1-9-4-12(19-18-9)14-6-15(10(2)27-14)28(25,26)20-11-5-13-17(24)21(3)8-16(23)22(13)7-11/h4,6,11,13,20H,5,7-8H2,1-3H3,(H,18,19)/t11-,13+/m1/s1. The number of piperazine rings is 1. The smallest absolute Gasteiger partial charge is 0.245 e. The van der Waals surface area contributed by atoms with E-state index in [9.17, 15) is 18.0 Å². The highest BCUT2D eigenvalue weighted by Crippen LogP contribution is 2.33. The van der Waals surface area contributed by atoms with Gasteiger partial charge in [-0.25, -0.2) is 13.1 Å². The molecule has 0 unspecified atom stereocenters. The molecule has 28 heavy (non-hydrogen) atoms. The Labute approximate surface area is 166 Å². The topological polar surface area (TPSA) is 115 Å². The van der Waals surface area contributed by atoms with Gasteiger partial charge in [-0.2, -0.15) is 5.10 Å². The maximum atomic E-state index is 13.0. The van der Waals surface area contributed by atoms with E-state index in [2.05, 4.69) is 14.9 Å². The molecule has 9 nitrogen and oxygen atoms in total. The predicted octanol–water partition coefficient (Wildman–Crippen LogP) is 0.475. The van der Waals surface area contributed by atoms with Gasteiger partial charge in [0.05, 0.1) is 16.3 Å². The molecule has 2 aromatic heterocycles. The van der Waals surface area contributed by atoms with Gasteiger partial charge in [0, 0.05) is 30.2 Å². The second-order valence-corrected chi connectivity index (χ2v) is 10.2. The van der Waals surface area contributed by atoms with Crippen molar-refractivity contribution >= 4 is 33.2 Å². The number of aromatic nitrogens is 2. The van der Waals surface area contributed by atoms with Gasteiger partial charge in [-0.3, -0.25) is 14.7 Å². The number of amides is 2. The van der Waals surface area contributed by atoms with E-state index in [0.717, 1.165) is 10.6 Å². The summed E-state index contributed by atoms with van der Waals surface area (Å²) in [7, 11) is -2.20. The molecule has 2 atom stereocenters. The van der Waals surface area contributed by atoms with Crippen LogP contribution in [0.15, 0.2) is 17.0 Å². The van der Waals surface area contributed by atoms with Crippen LogP contribution in [-0.4, -0.2) is 72.5 Å². The third-order valence-electron chi connectivity index (χ3n) is 5.10. The van der Waals surface area contributed by atoms with Gasteiger partial charge in [-0.05, 0) is 32.4 Å². The number of rotatable bonds is 4. The Kier molecular flexibility index (Phi) is 4.55. The van der Waals surface area contributed by atoms with Crippen molar-refractivity contribution in [1.29, 1.82) is 0 Å². The molecule has 0 radical (unpaired) electrons. The molecule has 11 heteroatoms. The lowest BCUT2D eigenvalue weighted by Crippen LogP contribution is -2.55. The van der Waals surface area contributed by atoms with Crippen molar-refractivity contribution in [3.8, 4) is 10.6 Å². The van der Waals surface area contributed by atoms with Crippen molar-refractivity contribution in [2.45, 2.75) is 37.2 Å². The van der Waals surface area contributed by atoms with Gasteiger partial charge in [-0.15, -0.1) is 11.3 Å². The van der Waals surface area contributed by atoms with E-state index in [0.29, 0.717) is 10.6 Å². The molecule has 0 bridgehead atoms. The van der Waals surface area contributed by atoms with Crippen LogP contribution in [0.2, 0.25) is 0 Å². The summed E-state index contributed by atoms with van der Waals surface area (Å²) in [5.41, 5.74) is 1.59. The van der Waals surface area contributed by atoms with Crippen LogP contribution in [0.25, 0.3) is 10.6 Å². The molecular weight excluding hydrogens is 402 g/mol. The highest BCUT2D eigenvalue weighted by atomic mass is 32.2. The molecule has 2 aromatic rings. The molecule has 2 aliphatic heterocycles. The molecule has 4 rings (SSSR count). The summed E-state index contributed by atoms with van der Waals surface area (Å²) in [6.07, 6.45) is 0.281. The van der Waals surface area contributed by atoms with Gasteiger partial charge in [0.15, 0.2) is 0 Å². The highest BCUT2D eigenvalue weighted by molar-refractivity contribution is 7.89. The number of hydrogen-bond acceptors (Lipinski definition) is 6. The Balaban J connectivity index is 1.55. The van der Waals surface area contributed by atoms with E-state index in [-0.39, 0.29) is 36.2 Å². The molecule has 0 aromatic carbocycles. The van der Waals surface area contributed by atoms with Crippen molar-refractivity contribution < 1.29 is 18.0 Å². The fraction of sp³-hybridized carbons (Fsp3) is 0.471. The van der Waals surface area contributed by atoms with Crippen molar-refractivity contribution in [2.75, 3.05) is 20.1 Å². The van der Waals surface area contributed by atoms with Crippen LogP contribution in [-0.2, 0) is 19.6 Å². The quantitative estimate of drug-likeness (QED) is 0.742. The van der Waals surface area contributed by atoms with Crippen LogP contribution in [0.1, 0.15) is 17.0 Å². The number of sulfonamides is 1. The number of thiophene rings is 1. The summed E-state index contributed by atoms with van der Waals surface area (Å²) in [6.45, 7) is 3.87. The summed E-state index contributed by atoms with van der Waals surface area (Å²) in [5, 5.41) is 7.03. The Morgan fingerprint density at radius 2 is 2.04 bits per heavy atom. The molecule has 0 aliphatic carbocycles. The van der Waals surface area contributed by atoms with Crippen molar-refractivity contribution in [2.24, 2.45) is 0 Å². The SMILES string of the molecule is Cc1cc(-c2cc(S(=O)(=O)N[C@@H]3C[C@H]4C(=O)N(C)CC(=O)N4C3)c(C)s2)n[nH]1. The lowest BCUT2D eigenvalue weighted by atomic mass is 10.1. The van der Waals surface area contributed by atoms with Gasteiger partial charge in [0.25, 0.3) is 0 Å². The summed E-state index contributed by atoms with van der Waals surface area (Å²) in [4.78, 5) is 29.0. The average Bonchev–Trinajstić information content (AvgIpc) is 3.31. The first kappa shape index (κ1) is 19.1. The number of carbonyl (C=O) groups is 2. The minimum absolute atomic E-state index is 0.0326. The molecule has 4 heterocycles. The number of nitrogens with zero attached hydrogens (tertiary/aromatic N) is 3. The monoisotopic (exact) mass is 423 g/mol. The van der Waals surface area contributed by atoms with Crippen LogP contribution in [0.3, 0.4) is 0 Å². The van der Waals surface area contributed by atoms with Crippen molar-refractivity contribution in [3.05, 3.63) is 22.7 Å². The lowest BCUT2D eigenvalue weighted by Gasteiger charge is -2.33. The first-order valence-corrected chi connectivity index (χ1v) is 11.2. The van der Waals surface area contributed by atoms with E-state index in [4.69, 9.17) is 0 Å². The molecule has 2 amide bonds. The number of likely N-dealkylation sites (N-methyl/N-ethyl adjacent to an activating group) is 1. The zero-order valence-electron chi connectivity index (χ0n) is 15.7. The molecule has 2 N–H and O–H groups in total. The van der Waals surface area contributed by atoms with E-state index >= 15 is 0 Å². The van der Waals surface area contributed by atoms with Gasteiger partial charge in [0.2, 0.25) is 21.8 Å². The maximum absolute atomic E-state index is 13.0. The van der Waals surface area contributed by atoms with Gasteiger partial charge in [0.1, 0.15) is 11.7 Å². The molecule has 2 fully saturated rings. The van der Waals surface area contributed by atoms with E-state index < -0.39 is 22.1 Å². The van der Waals surface area contributed by atoms with E-state index in [1.165, 1.54) is 21.1 Å². The average molecular weight is 424 g/mol. The maximum Gasteiger partial charge on any atom is 0.245 e. The molecule has 0 spiro atoms. The largest absolute Gasteiger partial charge is 0.335 e. The zero-order chi connectivity index (χ0) is 20.2. The molecule has 0 saturated carbocycles. The number of carbonyl (C=O) groups excluding carboxylic acids is 2. The normalized spacial score (nSPS) is 22.8. The Morgan fingerprint density at radius 3 is 2.71 bits per heavy atom. The third-order valence-corrected chi connectivity index (χ3v) is 7.95. The second-order valence-electron chi connectivity index (χ2n) is 7.28. The summed E-state index contributed by atoms with van der Waals surface area (Å²) < 4.78 is 28.6.